The molecule has 1 aliphatic carbocycles. The van der Waals surface area contributed by atoms with Crippen molar-refractivity contribution in [2.45, 2.75) is 36.7 Å². The fourth-order valence-electron chi connectivity index (χ4n) is 6.55. The topological polar surface area (TPSA) is 159 Å². The van der Waals surface area contributed by atoms with E-state index in [0.29, 0.717) is 36.2 Å². The van der Waals surface area contributed by atoms with Crippen molar-refractivity contribution in [1.29, 1.82) is 0 Å². The number of halogens is 1. The van der Waals surface area contributed by atoms with Crippen molar-refractivity contribution in [3.63, 3.8) is 0 Å². The van der Waals surface area contributed by atoms with E-state index in [9.17, 15) is 22.8 Å². The number of primary sulfonamides is 1. The number of urea groups is 1. The number of nitrogens with two attached hydrogens (primary N) is 2. The maximum atomic E-state index is 15.3. The third-order valence-corrected chi connectivity index (χ3v) is 9.70. The highest BCUT2D eigenvalue weighted by molar-refractivity contribution is 7.89. The maximum Gasteiger partial charge on any atom is 0.321 e. The molecule has 3 aromatic rings. The first-order valence-electron chi connectivity index (χ1n) is 14.7. The van der Waals surface area contributed by atoms with Crippen molar-refractivity contribution >= 4 is 45.0 Å². The number of hydrogen-bond donors (Lipinski definition) is 2. The number of fused-ring (bicyclic) bond motifs is 5. The number of amides is 4. The molecule has 45 heavy (non-hydrogen) atoms. The van der Waals surface area contributed by atoms with Crippen LogP contribution in [0, 0.1) is 17.7 Å². The first-order valence-corrected chi connectivity index (χ1v) is 16.3. The fraction of sp³-hybridized carbons (Fsp3) is 0.312. The lowest BCUT2D eigenvalue weighted by molar-refractivity contribution is -0.132. The smallest absolute Gasteiger partial charge is 0.321 e. The Hall–Kier alpha value is -4.62. The lowest BCUT2D eigenvalue weighted by atomic mass is 9.84. The molecule has 1 saturated carbocycles. The number of primary amides is 1. The van der Waals surface area contributed by atoms with Gasteiger partial charge in [-0.05, 0) is 73.9 Å². The Bertz CT molecular complexity index is 1790. The summed E-state index contributed by atoms with van der Waals surface area (Å²) in [5.74, 6) is -0.852. The van der Waals surface area contributed by atoms with E-state index in [-0.39, 0.29) is 34.3 Å². The van der Waals surface area contributed by atoms with Crippen LogP contribution in [0.4, 0.5) is 20.6 Å². The van der Waals surface area contributed by atoms with Crippen LogP contribution < -0.4 is 20.7 Å². The van der Waals surface area contributed by atoms with Gasteiger partial charge in [0.25, 0.3) is 5.91 Å². The Balaban J connectivity index is 1.49. The Kier molecular flexibility index (Phi) is 8.14. The molecule has 2 bridgehead atoms. The third-order valence-electron chi connectivity index (χ3n) is 8.79. The average Bonchev–Trinajstić information content (AvgIpc) is 3.40. The van der Waals surface area contributed by atoms with Gasteiger partial charge in [-0.1, -0.05) is 36.4 Å². The predicted molar refractivity (Wildman–Crippen MR) is 167 cm³/mol. The van der Waals surface area contributed by atoms with Crippen LogP contribution in [0.2, 0.25) is 0 Å². The van der Waals surface area contributed by atoms with Gasteiger partial charge in [-0.25, -0.2) is 27.7 Å². The van der Waals surface area contributed by atoms with Crippen LogP contribution in [0.3, 0.4) is 0 Å². The van der Waals surface area contributed by atoms with Gasteiger partial charge in [0.05, 0.1) is 16.3 Å². The summed E-state index contributed by atoms with van der Waals surface area (Å²) in [5.41, 5.74) is 6.53. The fourth-order valence-corrected chi connectivity index (χ4v) is 7.10. The lowest BCUT2D eigenvalue weighted by Crippen LogP contribution is -2.54. The number of nitrogens with zero attached hydrogens (tertiary/aromatic N) is 4. The highest BCUT2D eigenvalue weighted by Crippen LogP contribution is 2.35. The molecule has 0 spiro atoms. The molecule has 3 aromatic carbocycles. The Morgan fingerprint density at radius 2 is 1.53 bits per heavy atom. The number of carbonyl (C=O) groups excluding carboxylic acids is 3. The number of hydrogen-bond acceptors (Lipinski definition) is 6. The van der Waals surface area contributed by atoms with E-state index in [4.69, 9.17) is 10.9 Å². The minimum atomic E-state index is -4.19. The Labute approximate surface area is 260 Å². The van der Waals surface area contributed by atoms with Gasteiger partial charge in [0.1, 0.15) is 12.4 Å². The normalized spacial score (nSPS) is 21.4. The summed E-state index contributed by atoms with van der Waals surface area (Å²) in [6.45, 7) is 0.857. The van der Waals surface area contributed by atoms with Crippen molar-refractivity contribution in [3.05, 3.63) is 89.7 Å². The van der Waals surface area contributed by atoms with E-state index < -0.39 is 33.9 Å². The van der Waals surface area contributed by atoms with E-state index >= 15 is 4.39 Å². The van der Waals surface area contributed by atoms with Crippen molar-refractivity contribution in [3.8, 4) is 0 Å². The number of rotatable bonds is 6. The number of aliphatic imine (C=N–C) groups is 1. The predicted octanol–water partition coefficient (Wildman–Crippen LogP) is 3.22. The number of sulfonamides is 1. The molecular weight excluding hydrogens is 599 g/mol. The molecule has 0 radical (unpaired) electrons. The van der Waals surface area contributed by atoms with Gasteiger partial charge in [0.2, 0.25) is 22.1 Å². The zero-order chi connectivity index (χ0) is 31.9. The summed E-state index contributed by atoms with van der Waals surface area (Å²) in [5, 5.41) is 5.34. The second-order valence-electron chi connectivity index (χ2n) is 11.7. The van der Waals surface area contributed by atoms with E-state index in [2.05, 4.69) is 4.99 Å². The van der Waals surface area contributed by atoms with Crippen LogP contribution >= 0.6 is 0 Å². The number of para-hydroxylation sites is 1. The van der Waals surface area contributed by atoms with Crippen LogP contribution in [0.5, 0.6) is 0 Å². The van der Waals surface area contributed by atoms with Crippen LogP contribution in [0.15, 0.2) is 82.7 Å². The molecular formula is C32H33FN6O5S. The van der Waals surface area contributed by atoms with E-state index in [0.717, 1.165) is 36.6 Å². The van der Waals surface area contributed by atoms with Crippen LogP contribution in [0.25, 0.3) is 0 Å². The van der Waals surface area contributed by atoms with Gasteiger partial charge in [0, 0.05) is 29.9 Å². The van der Waals surface area contributed by atoms with Gasteiger partial charge in [0.15, 0.2) is 0 Å². The molecule has 4 amide bonds. The summed E-state index contributed by atoms with van der Waals surface area (Å²) in [7, 11) is -4.19. The molecule has 0 aromatic heterocycles. The SMILES string of the molecule is NC(=O)N(c1cccc(S(N)(=O)=O)c1)C1N=C(c2ccccc2F)c2ccccc2N(CC(=O)N2CC3CCC(CC3)C2)C1=O. The second-order valence-corrected chi connectivity index (χ2v) is 13.3. The van der Waals surface area contributed by atoms with E-state index in [1.807, 2.05) is 4.90 Å². The number of benzene rings is 3. The molecule has 7 rings (SSSR count). The van der Waals surface area contributed by atoms with Crippen molar-refractivity contribution in [2.24, 2.45) is 27.7 Å². The zero-order valence-corrected chi connectivity index (χ0v) is 25.2. The van der Waals surface area contributed by atoms with Gasteiger partial charge in [-0.3, -0.25) is 19.4 Å². The average molecular weight is 633 g/mol. The summed E-state index contributed by atoms with van der Waals surface area (Å²) in [4.78, 5) is 49.7. The van der Waals surface area contributed by atoms with Crippen LogP contribution in [0.1, 0.15) is 36.8 Å². The molecule has 4 aliphatic rings. The summed E-state index contributed by atoms with van der Waals surface area (Å²) >= 11 is 0. The number of carbonyl (C=O) groups is 3. The molecule has 3 aliphatic heterocycles. The minimum absolute atomic E-state index is 0.0543. The minimum Gasteiger partial charge on any atom is -0.351 e. The highest BCUT2D eigenvalue weighted by Gasteiger charge is 2.40. The molecule has 11 nitrogen and oxygen atoms in total. The summed E-state index contributed by atoms with van der Waals surface area (Å²) in [6.07, 6.45) is 2.52. The first-order chi connectivity index (χ1) is 21.5. The van der Waals surface area contributed by atoms with Crippen molar-refractivity contribution in [2.75, 3.05) is 29.4 Å². The van der Waals surface area contributed by atoms with Gasteiger partial charge in [-0.2, -0.15) is 0 Å². The van der Waals surface area contributed by atoms with Crippen LogP contribution in [-0.2, 0) is 19.6 Å². The number of benzodiazepines with no additional fused rings is 1. The van der Waals surface area contributed by atoms with E-state index in [1.165, 1.54) is 41.3 Å². The molecule has 1 unspecified atom stereocenters. The van der Waals surface area contributed by atoms with Crippen LogP contribution in [-0.4, -0.2) is 62.7 Å². The van der Waals surface area contributed by atoms with Crippen molar-refractivity contribution < 1.29 is 27.2 Å². The molecule has 13 heteroatoms. The quantitative estimate of drug-likeness (QED) is 0.426. The molecule has 3 fully saturated rings. The standard InChI is InChI=1S/C32H33FN6O5S/c33-26-10-3-1-8-24(26)29-25-9-2-4-11-27(25)38(19-28(40)37-17-20-12-13-21(18-37)15-14-20)31(41)30(36-29)39(32(34)42)22-6-5-7-23(16-22)45(35,43)44/h1-11,16,20-21,30H,12-15,17-19H2,(H2,34,42)(H2,35,43,44). The number of anilines is 2. The van der Waals surface area contributed by atoms with Gasteiger partial charge in [-0.15, -0.1) is 0 Å². The molecule has 234 valence electrons. The van der Waals surface area contributed by atoms with Gasteiger partial charge >= 0.3 is 6.03 Å². The first kappa shape index (κ1) is 30.4. The zero-order valence-electron chi connectivity index (χ0n) is 24.4. The second kappa shape index (κ2) is 12.1. The summed E-state index contributed by atoms with van der Waals surface area (Å²) in [6, 6.07) is 16.5. The third kappa shape index (κ3) is 6.05. The van der Waals surface area contributed by atoms with Gasteiger partial charge < -0.3 is 10.6 Å². The Morgan fingerprint density at radius 1 is 0.911 bits per heavy atom. The van der Waals surface area contributed by atoms with E-state index in [1.54, 1.807) is 30.3 Å². The lowest BCUT2D eigenvalue weighted by Gasteiger charge is -2.32. The highest BCUT2D eigenvalue weighted by atomic mass is 32.2. The summed E-state index contributed by atoms with van der Waals surface area (Å²) < 4.78 is 39.6. The molecule has 4 N–H and O–H groups in total. The largest absolute Gasteiger partial charge is 0.351 e. The maximum absolute atomic E-state index is 15.3. The molecule has 1 atom stereocenters. The Morgan fingerprint density at radius 3 is 2.16 bits per heavy atom. The molecule has 3 heterocycles. The van der Waals surface area contributed by atoms with Crippen molar-refractivity contribution in [1.82, 2.24) is 4.90 Å². The monoisotopic (exact) mass is 632 g/mol. The molecule has 2 saturated heterocycles.